The molecule has 0 radical (unpaired) electrons. The number of rotatable bonds is 5. The zero-order chi connectivity index (χ0) is 17.2. The number of carbonyl (C=O) groups is 2. The van der Waals surface area contributed by atoms with Crippen LogP contribution in [0.3, 0.4) is 0 Å². The first-order valence-corrected chi connectivity index (χ1v) is 7.72. The molecule has 1 aromatic rings. The second-order valence-electron chi connectivity index (χ2n) is 6.37. The molecule has 1 aliphatic heterocycles. The van der Waals surface area contributed by atoms with Crippen LogP contribution in [0.2, 0.25) is 0 Å². The van der Waals surface area contributed by atoms with E-state index in [1.54, 1.807) is 24.9 Å². The highest BCUT2D eigenvalue weighted by molar-refractivity contribution is 5.93. The molecule has 0 aliphatic carbocycles. The lowest BCUT2D eigenvalue weighted by molar-refractivity contribution is -0.133. The second kappa shape index (κ2) is 6.44. The molecule has 1 fully saturated rings. The van der Waals surface area contributed by atoms with E-state index in [0.29, 0.717) is 19.4 Å². The van der Waals surface area contributed by atoms with Crippen molar-refractivity contribution in [2.24, 2.45) is 0 Å². The van der Waals surface area contributed by atoms with Gasteiger partial charge in [-0.05, 0) is 31.4 Å². The Morgan fingerprint density at radius 3 is 2.57 bits per heavy atom. The molecule has 2 rings (SSSR count). The van der Waals surface area contributed by atoms with Gasteiger partial charge in [0.1, 0.15) is 0 Å². The average molecular weight is 316 g/mol. The number of para-hydroxylation sites is 1. The van der Waals surface area contributed by atoms with Crippen molar-refractivity contribution >= 4 is 17.6 Å². The molecule has 0 saturated carbocycles. The van der Waals surface area contributed by atoms with E-state index in [4.69, 9.17) is 5.11 Å². The number of anilines is 1. The SMILES string of the molecule is CC(=CCC1(c2ccccc2N(C)C)CCN(C)C1=O)C(=O)O. The molecule has 0 aromatic heterocycles. The summed E-state index contributed by atoms with van der Waals surface area (Å²) in [6.07, 6.45) is 2.77. The summed E-state index contributed by atoms with van der Waals surface area (Å²) in [7, 11) is 5.71. The van der Waals surface area contributed by atoms with Crippen LogP contribution in [-0.4, -0.2) is 49.6 Å². The predicted molar refractivity (Wildman–Crippen MR) is 90.7 cm³/mol. The normalized spacial score (nSPS) is 21.7. The van der Waals surface area contributed by atoms with Crippen molar-refractivity contribution in [2.45, 2.75) is 25.2 Å². The van der Waals surface area contributed by atoms with Crippen molar-refractivity contribution in [2.75, 3.05) is 32.6 Å². The van der Waals surface area contributed by atoms with Crippen LogP contribution in [0, 0.1) is 0 Å². The molecule has 1 amide bonds. The number of benzene rings is 1. The summed E-state index contributed by atoms with van der Waals surface area (Å²) in [6.45, 7) is 2.25. The van der Waals surface area contributed by atoms with Crippen LogP contribution in [0.15, 0.2) is 35.9 Å². The van der Waals surface area contributed by atoms with Gasteiger partial charge in [0, 0.05) is 38.9 Å². The summed E-state index contributed by atoms with van der Waals surface area (Å²) in [6, 6.07) is 7.87. The third-order valence-electron chi connectivity index (χ3n) is 4.63. The molecule has 0 spiro atoms. The Morgan fingerprint density at radius 2 is 2.04 bits per heavy atom. The lowest BCUT2D eigenvalue weighted by Crippen LogP contribution is -2.37. The van der Waals surface area contributed by atoms with E-state index in [1.807, 2.05) is 43.3 Å². The number of likely N-dealkylation sites (N-methyl/N-ethyl adjacent to an activating group) is 1. The van der Waals surface area contributed by atoms with Gasteiger partial charge in [0.2, 0.25) is 5.91 Å². The van der Waals surface area contributed by atoms with Gasteiger partial charge in [-0.1, -0.05) is 24.3 Å². The fraction of sp³-hybridized carbons (Fsp3) is 0.444. The maximum atomic E-state index is 12.9. The van der Waals surface area contributed by atoms with Crippen molar-refractivity contribution < 1.29 is 14.7 Å². The van der Waals surface area contributed by atoms with E-state index in [9.17, 15) is 9.59 Å². The topological polar surface area (TPSA) is 60.9 Å². The Labute approximate surface area is 137 Å². The Kier molecular flexibility index (Phi) is 4.78. The fourth-order valence-corrected chi connectivity index (χ4v) is 3.16. The minimum atomic E-state index is -0.945. The van der Waals surface area contributed by atoms with Crippen LogP contribution < -0.4 is 4.90 Å². The number of hydrogen-bond donors (Lipinski definition) is 1. The number of hydrogen-bond acceptors (Lipinski definition) is 3. The highest BCUT2D eigenvalue weighted by atomic mass is 16.4. The number of nitrogens with zero attached hydrogens (tertiary/aromatic N) is 2. The van der Waals surface area contributed by atoms with Crippen LogP contribution in [-0.2, 0) is 15.0 Å². The molecule has 23 heavy (non-hydrogen) atoms. The van der Waals surface area contributed by atoms with Crippen molar-refractivity contribution in [3.63, 3.8) is 0 Å². The molecule has 1 heterocycles. The molecule has 5 nitrogen and oxygen atoms in total. The number of allylic oxidation sites excluding steroid dienone is 1. The molecule has 1 atom stereocenters. The smallest absolute Gasteiger partial charge is 0.330 e. The monoisotopic (exact) mass is 316 g/mol. The van der Waals surface area contributed by atoms with Crippen LogP contribution in [0.1, 0.15) is 25.3 Å². The largest absolute Gasteiger partial charge is 0.478 e. The van der Waals surface area contributed by atoms with Gasteiger partial charge >= 0.3 is 5.97 Å². The van der Waals surface area contributed by atoms with Crippen molar-refractivity contribution in [3.05, 3.63) is 41.5 Å². The molecular weight excluding hydrogens is 292 g/mol. The number of amides is 1. The summed E-state index contributed by atoms with van der Waals surface area (Å²) in [4.78, 5) is 27.7. The minimum absolute atomic E-state index is 0.0567. The second-order valence-corrected chi connectivity index (χ2v) is 6.37. The van der Waals surface area contributed by atoms with Gasteiger partial charge in [0.15, 0.2) is 0 Å². The van der Waals surface area contributed by atoms with E-state index in [-0.39, 0.29) is 11.5 Å². The molecule has 1 unspecified atom stereocenters. The van der Waals surface area contributed by atoms with E-state index in [1.165, 1.54) is 0 Å². The molecule has 1 saturated heterocycles. The third kappa shape index (κ3) is 3.09. The highest BCUT2D eigenvalue weighted by Crippen LogP contribution is 2.43. The zero-order valence-corrected chi connectivity index (χ0v) is 14.2. The minimum Gasteiger partial charge on any atom is -0.478 e. The van der Waals surface area contributed by atoms with Crippen LogP contribution in [0.5, 0.6) is 0 Å². The quantitative estimate of drug-likeness (QED) is 0.847. The van der Waals surface area contributed by atoms with E-state index < -0.39 is 11.4 Å². The summed E-state index contributed by atoms with van der Waals surface area (Å²) < 4.78 is 0. The van der Waals surface area contributed by atoms with Gasteiger partial charge in [-0.3, -0.25) is 4.79 Å². The summed E-state index contributed by atoms with van der Waals surface area (Å²) in [5, 5.41) is 9.10. The van der Waals surface area contributed by atoms with E-state index in [0.717, 1.165) is 11.3 Å². The number of carboxylic acids is 1. The number of aliphatic carboxylic acids is 1. The molecule has 0 bridgehead atoms. The molecule has 5 heteroatoms. The van der Waals surface area contributed by atoms with Crippen LogP contribution in [0.25, 0.3) is 0 Å². The number of carbonyl (C=O) groups excluding carboxylic acids is 1. The van der Waals surface area contributed by atoms with Crippen molar-refractivity contribution in [1.82, 2.24) is 4.90 Å². The van der Waals surface area contributed by atoms with Crippen LogP contribution >= 0.6 is 0 Å². The first-order chi connectivity index (χ1) is 10.8. The van der Waals surface area contributed by atoms with Crippen molar-refractivity contribution in [1.29, 1.82) is 0 Å². The zero-order valence-electron chi connectivity index (χ0n) is 14.2. The molecule has 124 valence electrons. The maximum absolute atomic E-state index is 12.9. The fourth-order valence-electron chi connectivity index (χ4n) is 3.16. The molecule has 1 aromatic carbocycles. The van der Waals surface area contributed by atoms with E-state index >= 15 is 0 Å². The standard InChI is InChI=1S/C18H24N2O3/c1-13(16(21)22)9-10-18(11-12-20(4)17(18)23)14-7-5-6-8-15(14)19(2)3/h5-9H,10-12H2,1-4H3,(H,21,22). The van der Waals surface area contributed by atoms with Gasteiger partial charge in [-0.25, -0.2) is 4.79 Å². The summed E-state index contributed by atoms with van der Waals surface area (Å²) >= 11 is 0. The van der Waals surface area contributed by atoms with Gasteiger partial charge in [0.25, 0.3) is 0 Å². The highest BCUT2D eigenvalue weighted by Gasteiger charge is 2.47. The predicted octanol–water partition coefficient (Wildman–Crippen LogP) is 2.27. The van der Waals surface area contributed by atoms with E-state index in [2.05, 4.69) is 0 Å². The molecule has 1 aliphatic rings. The average Bonchev–Trinajstić information content (AvgIpc) is 2.81. The lowest BCUT2D eigenvalue weighted by atomic mass is 9.74. The maximum Gasteiger partial charge on any atom is 0.330 e. The summed E-state index contributed by atoms with van der Waals surface area (Å²) in [5.41, 5.74) is 1.55. The van der Waals surface area contributed by atoms with Gasteiger partial charge in [-0.15, -0.1) is 0 Å². The summed E-state index contributed by atoms with van der Waals surface area (Å²) in [5.74, 6) is -0.888. The van der Waals surface area contributed by atoms with Gasteiger partial charge in [0.05, 0.1) is 5.41 Å². The Balaban J connectivity index is 2.54. The van der Waals surface area contributed by atoms with Gasteiger partial charge < -0.3 is 14.9 Å². The van der Waals surface area contributed by atoms with Crippen molar-refractivity contribution in [3.8, 4) is 0 Å². The molecular formula is C18H24N2O3. The number of likely N-dealkylation sites (tertiary alicyclic amines) is 1. The molecule has 1 N–H and O–H groups in total. The first-order valence-electron chi connectivity index (χ1n) is 7.72. The van der Waals surface area contributed by atoms with Gasteiger partial charge in [-0.2, -0.15) is 0 Å². The third-order valence-corrected chi connectivity index (χ3v) is 4.63. The lowest BCUT2D eigenvalue weighted by Gasteiger charge is -2.31. The Hall–Kier alpha value is -2.30. The first kappa shape index (κ1) is 17.1. The van der Waals surface area contributed by atoms with Crippen LogP contribution in [0.4, 0.5) is 5.69 Å². The Bertz CT molecular complexity index is 651. The number of carboxylic acid groups (broad SMARTS) is 1. The Morgan fingerprint density at radius 1 is 1.39 bits per heavy atom.